The molecule has 0 bridgehead atoms. The van der Waals surface area contributed by atoms with E-state index in [1.54, 1.807) is 0 Å². The maximum atomic E-state index is 6.07. The number of halogens is 1. The second-order valence-electron chi connectivity index (χ2n) is 3.87. The number of aryl methyl sites for hydroxylation is 1. The number of rotatable bonds is 2. The maximum absolute atomic E-state index is 6.07. The Bertz CT molecular complexity index is 488. The molecule has 0 spiro atoms. The summed E-state index contributed by atoms with van der Waals surface area (Å²) < 4.78 is 2.08. The molecule has 1 aromatic heterocycles. The number of benzene rings is 1. The Morgan fingerprint density at radius 1 is 1.47 bits per heavy atom. The van der Waals surface area contributed by atoms with Gasteiger partial charge in [-0.1, -0.05) is 24.6 Å². The van der Waals surface area contributed by atoms with Gasteiger partial charge in [0.15, 0.2) is 0 Å². The predicted octanol–water partition coefficient (Wildman–Crippen LogP) is 3.24. The standard InChI is InChI=1S/C12H15ClN2/c1-3-11(14)10-7-15(2)12-6-8(13)4-5-9(10)12/h4-7,11H,3,14H2,1-2H3/t11-/m0/s1. The first-order valence-electron chi connectivity index (χ1n) is 5.13. The molecule has 0 saturated carbocycles. The summed E-state index contributed by atoms with van der Waals surface area (Å²) in [7, 11) is 2.02. The molecule has 2 aromatic rings. The monoisotopic (exact) mass is 222 g/mol. The van der Waals surface area contributed by atoms with Crippen molar-refractivity contribution in [1.82, 2.24) is 4.57 Å². The largest absolute Gasteiger partial charge is 0.350 e. The molecule has 0 radical (unpaired) electrons. The van der Waals surface area contributed by atoms with E-state index in [2.05, 4.69) is 17.7 Å². The van der Waals surface area contributed by atoms with Crippen LogP contribution in [0.1, 0.15) is 24.9 Å². The van der Waals surface area contributed by atoms with Crippen LogP contribution < -0.4 is 5.73 Å². The van der Waals surface area contributed by atoms with Gasteiger partial charge in [-0.05, 0) is 24.1 Å². The highest BCUT2D eigenvalue weighted by Gasteiger charge is 2.11. The molecule has 0 amide bonds. The van der Waals surface area contributed by atoms with E-state index in [4.69, 9.17) is 17.3 Å². The third-order valence-electron chi connectivity index (χ3n) is 2.82. The molecule has 0 aliphatic carbocycles. The molecule has 2 N–H and O–H groups in total. The molecule has 0 unspecified atom stereocenters. The molecular formula is C12H15ClN2. The van der Waals surface area contributed by atoms with Crippen molar-refractivity contribution < 1.29 is 0 Å². The van der Waals surface area contributed by atoms with Crippen LogP contribution in [-0.2, 0) is 7.05 Å². The minimum atomic E-state index is 0.106. The first-order valence-corrected chi connectivity index (χ1v) is 5.51. The van der Waals surface area contributed by atoms with Crippen molar-refractivity contribution in [3.63, 3.8) is 0 Å². The van der Waals surface area contributed by atoms with Crippen LogP contribution in [0.2, 0.25) is 5.02 Å². The van der Waals surface area contributed by atoms with Gasteiger partial charge in [-0.15, -0.1) is 0 Å². The Balaban J connectivity index is 2.68. The van der Waals surface area contributed by atoms with Crippen molar-refractivity contribution >= 4 is 22.5 Å². The van der Waals surface area contributed by atoms with Crippen molar-refractivity contribution in [2.45, 2.75) is 19.4 Å². The number of hydrogen-bond donors (Lipinski definition) is 1. The average Bonchev–Trinajstić information content (AvgIpc) is 2.55. The van der Waals surface area contributed by atoms with Crippen LogP contribution in [-0.4, -0.2) is 4.57 Å². The molecule has 2 rings (SSSR count). The number of fused-ring (bicyclic) bond motifs is 1. The van der Waals surface area contributed by atoms with Gasteiger partial charge in [0, 0.05) is 35.2 Å². The fraction of sp³-hybridized carbons (Fsp3) is 0.333. The molecule has 80 valence electrons. The second-order valence-corrected chi connectivity index (χ2v) is 4.31. The average molecular weight is 223 g/mol. The zero-order chi connectivity index (χ0) is 11.0. The summed E-state index contributed by atoms with van der Waals surface area (Å²) in [5.41, 5.74) is 8.41. The van der Waals surface area contributed by atoms with E-state index in [0.717, 1.165) is 17.0 Å². The van der Waals surface area contributed by atoms with E-state index in [-0.39, 0.29) is 6.04 Å². The SMILES string of the molecule is CC[C@H](N)c1cn(C)c2cc(Cl)ccc12. The van der Waals surface area contributed by atoms with Crippen molar-refractivity contribution in [2.24, 2.45) is 12.8 Å². The molecule has 0 aliphatic heterocycles. The quantitative estimate of drug-likeness (QED) is 0.831. The van der Waals surface area contributed by atoms with Gasteiger partial charge in [-0.25, -0.2) is 0 Å². The molecule has 3 heteroatoms. The maximum Gasteiger partial charge on any atom is 0.0496 e. The Morgan fingerprint density at radius 2 is 2.20 bits per heavy atom. The fourth-order valence-electron chi connectivity index (χ4n) is 1.90. The highest BCUT2D eigenvalue weighted by Crippen LogP contribution is 2.28. The summed E-state index contributed by atoms with van der Waals surface area (Å²) in [5.74, 6) is 0. The van der Waals surface area contributed by atoms with Crippen molar-refractivity contribution in [2.75, 3.05) is 0 Å². The first-order chi connectivity index (χ1) is 7.13. The van der Waals surface area contributed by atoms with E-state index in [1.165, 1.54) is 10.9 Å². The van der Waals surface area contributed by atoms with E-state index >= 15 is 0 Å². The second kappa shape index (κ2) is 3.87. The topological polar surface area (TPSA) is 30.9 Å². The van der Waals surface area contributed by atoms with Gasteiger partial charge in [0.2, 0.25) is 0 Å². The molecule has 1 heterocycles. The van der Waals surface area contributed by atoms with Gasteiger partial charge in [-0.3, -0.25) is 0 Å². The van der Waals surface area contributed by atoms with E-state index in [1.807, 2.05) is 25.2 Å². The van der Waals surface area contributed by atoms with Gasteiger partial charge >= 0.3 is 0 Å². The molecule has 1 aromatic carbocycles. The van der Waals surface area contributed by atoms with Crippen molar-refractivity contribution in [3.05, 3.63) is 35.0 Å². The van der Waals surface area contributed by atoms with Gasteiger partial charge in [0.05, 0.1) is 0 Å². The number of hydrogen-bond acceptors (Lipinski definition) is 1. The molecular weight excluding hydrogens is 208 g/mol. The first kappa shape index (κ1) is 10.5. The van der Waals surface area contributed by atoms with Crippen LogP contribution in [0.15, 0.2) is 24.4 Å². The Hall–Kier alpha value is -0.990. The zero-order valence-electron chi connectivity index (χ0n) is 9.00. The molecule has 1 atom stereocenters. The molecule has 15 heavy (non-hydrogen) atoms. The lowest BCUT2D eigenvalue weighted by Crippen LogP contribution is -2.07. The lowest BCUT2D eigenvalue weighted by molar-refractivity contribution is 0.700. The Labute approximate surface area is 94.6 Å². The number of aromatic nitrogens is 1. The van der Waals surface area contributed by atoms with Crippen LogP contribution in [0.3, 0.4) is 0 Å². The molecule has 2 nitrogen and oxygen atoms in total. The number of nitrogens with zero attached hydrogens (tertiary/aromatic N) is 1. The van der Waals surface area contributed by atoms with Gasteiger partial charge in [-0.2, -0.15) is 0 Å². The summed E-state index contributed by atoms with van der Waals surface area (Å²) in [4.78, 5) is 0. The van der Waals surface area contributed by atoms with Crippen molar-refractivity contribution in [3.8, 4) is 0 Å². The third kappa shape index (κ3) is 1.75. The van der Waals surface area contributed by atoms with Crippen LogP contribution >= 0.6 is 11.6 Å². The third-order valence-corrected chi connectivity index (χ3v) is 3.06. The van der Waals surface area contributed by atoms with Crippen molar-refractivity contribution in [1.29, 1.82) is 0 Å². The Morgan fingerprint density at radius 3 is 2.87 bits per heavy atom. The predicted molar refractivity (Wildman–Crippen MR) is 65.1 cm³/mol. The van der Waals surface area contributed by atoms with E-state index in [0.29, 0.717) is 0 Å². The highest BCUT2D eigenvalue weighted by molar-refractivity contribution is 6.31. The smallest absolute Gasteiger partial charge is 0.0496 e. The summed E-state index contributed by atoms with van der Waals surface area (Å²) >= 11 is 5.97. The Kier molecular flexibility index (Phi) is 2.72. The van der Waals surface area contributed by atoms with Crippen LogP contribution in [0, 0.1) is 0 Å². The van der Waals surface area contributed by atoms with Gasteiger partial charge in [0.1, 0.15) is 0 Å². The minimum absolute atomic E-state index is 0.106. The minimum Gasteiger partial charge on any atom is -0.350 e. The van der Waals surface area contributed by atoms with Crippen LogP contribution in [0.5, 0.6) is 0 Å². The summed E-state index contributed by atoms with van der Waals surface area (Å²) in [6, 6.07) is 6.04. The number of nitrogens with two attached hydrogens (primary N) is 1. The summed E-state index contributed by atoms with van der Waals surface area (Å²) in [6.45, 7) is 2.10. The van der Waals surface area contributed by atoms with Crippen LogP contribution in [0.4, 0.5) is 0 Å². The molecule has 0 saturated heterocycles. The van der Waals surface area contributed by atoms with E-state index < -0.39 is 0 Å². The molecule has 0 fully saturated rings. The lowest BCUT2D eigenvalue weighted by atomic mass is 10.0. The fourth-order valence-corrected chi connectivity index (χ4v) is 2.07. The summed E-state index contributed by atoms with van der Waals surface area (Å²) in [5, 5.41) is 1.97. The van der Waals surface area contributed by atoms with Crippen LogP contribution in [0.25, 0.3) is 10.9 Å². The van der Waals surface area contributed by atoms with Gasteiger partial charge in [0.25, 0.3) is 0 Å². The lowest BCUT2D eigenvalue weighted by Gasteiger charge is -2.06. The highest BCUT2D eigenvalue weighted by atomic mass is 35.5. The normalized spacial score (nSPS) is 13.3. The molecule has 0 aliphatic rings. The summed E-state index contributed by atoms with van der Waals surface area (Å²) in [6.07, 6.45) is 3.04. The van der Waals surface area contributed by atoms with E-state index in [9.17, 15) is 0 Å². The zero-order valence-corrected chi connectivity index (χ0v) is 9.75. The van der Waals surface area contributed by atoms with Gasteiger partial charge < -0.3 is 10.3 Å².